The molecule has 2 fully saturated rings. The van der Waals surface area contributed by atoms with Crippen LogP contribution in [0, 0.1) is 23.0 Å². The van der Waals surface area contributed by atoms with Crippen molar-refractivity contribution in [3.05, 3.63) is 40.5 Å². The van der Waals surface area contributed by atoms with E-state index in [0.717, 1.165) is 17.8 Å². The normalized spacial score (nSPS) is 18.7. The number of halogens is 2. The van der Waals surface area contributed by atoms with Gasteiger partial charge in [-0.2, -0.15) is 5.26 Å². The van der Waals surface area contributed by atoms with Gasteiger partial charge in [-0.25, -0.2) is 28.3 Å². The molecule has 0 radical (unpaired) electrons. The Morgan fingerprint density at radius 3 is 2.55 bits per heavy atom. The summed E-state index contributed by atoms with van der Waals surface area (Å²) < 4.78 is 45.0. The number of rotatable bonds is 5. The Morgan fingerprint density at radius 1 is 1.17 bits per heavy atom. The number of nitrogens with zero attached hydrogens (tertiary/aromatic N) is 5. The number of carbonyl (C=O) groups is 2. The lowest BCUT2D eigenvalue weighted by Gasteiger charge is -2.56. The second-order valence-corrected chi connectivity index (χ2v) is 14.9. The summed E-state index contributed by atoms with van der Waals surface area (Å²) in [4.78, 5) is 37.3. The van der Waals surface area contributed by atoms with Crippen molar-refractivity contribution in [2.45, 2.75) is 70.2 Å². The van der Waals surface area contributed by atoms with Crippen LogP contribution in [0.15, 0.2) is 17.3 Å². The zero-order valence-electron chi connectivity index (χ0n) is 25.9. The van der Waals surface area contributed by atoms with Gasteiger partial charge in [0.05, 0.1) is 36.2 Å². The first kappa shape index (κ1) is 31.3. The van der Waals surface area contributed by atoms with E-state index in [1.165, 1.54) is 28.8 Å². The maximum Gasteiger partial charge on any atom is 0.412 e. The third-order valence-corrected chi connectivity index (χ3v) is 10.3. The molecule has 3 aliphatic rings. The van der Waals surface area contributed by atoms with Crippen LogP contribution in [0.1, 0.15) is 50.8 Å². The molecule has 2 aromatic carbocycles. The second kappa shape index (κ2) is 11.5. The number of anilines is 2. The van der Waals surface area contributed by atoms with Crippen LogP contribution in [-0.4, -0.2) is 68.7 Å². The van der Waals surface area contributed by atoms with Crippen molar-refractivity contribution in [1.82, 2.24) is 14.9 Å². The summed E-state index contributed by atoms with van der Waals surface area (Å²) in [7, 11) is 0. The highest BCUT2D eigenvalue weighted by Gasteiger charge is 2.48. The molecule has 7 rings (SSSR count). The Kier molecular flexibility index (Phi) is 7.64. The average molecular weight is 681 g/mol. The van der Waals surface area contributed by atoms with Crippen molar-refractivity contribution >= 4 is 67.1 Å². The topological polar surface area (TPSA) is 141 Å². The number of nitrogens with one attached hydrogen (secondary N) is 1. The Labute approximate surface area is 276 Å². The molecule has 2 unspecified atom stereocenters. The monoisotopic (exact) mass is 680 g/mol. The average Bonchev–Trinajstić information content (AvgIpc) is 3.62. The summed E-state index contributed by atoms with van der Waals surface area (Å²) in [5.74, 6) is -0.381. The van der Waals surface area contributed by atoms with Gasteiger partial charge in [-0.05, 0) is 56.2 Å². The van der Waals surface area contributed by atoms with Crippen LogP contribution in [0.3, 0.4) is 0 Å². The number of carboxylic acid groups (broad SMARTS) is 1. The van der Waals surface area contributed by atoms with Crippen molar-refractivity contribution in [3.63, 3.8) is 0 Å². The number of aromatic nitrogens is 2. The van der Waals surface area contributed by atoms with Gasteiger partial charge in [-0.3, -0.25) is 5.32 Å². The fraction of sp³-hybridized carbons (Fsp3) is 0.406. The van der Waals surface area contributed by atoms with E-state index in [0.29, 0.717) is 51.0 Å². The molecule has 3 aliphatic heterocycles. The molecule has 2 atom stereocenters. The molecule has 244 valence electrons. The molecule has 2 amide bonds. The third kappa shape index (κ3) is 5.19. The van der Waals surface area contributed by atoms with Gasteiger partial charge in [-0.1, -0.05) is 18.7 Å². The van der Waals surface area contributed by atoms with Gasteiger partial charge in [0.1, 0.15) is 33.8 Å². The van der Waals surface area contributed by atoms with E-state index in [2.05, 4.69) is 21.3 Å². The quantitative estimate of drug-likeness (QED) is 0.166. The van der Waals surface area contributed by atoms with Crippen LogP contribution < -0.4 is 10.2 Å². The number of thioether (sulfide) groups is 1. The molecule has 4 aromatic rings. The summed E-state index contributed by atoms with van der Waals surface area (Å²) in [6, 6.07) is 4.54. The Hall–Kier alpha value is -4.26. The minimum Gasteiger partial charge on any atom is -0.465 e. The standard InChI is InChI=1S/C32H30F2N6O5S2/c1-5-46-29-36-26-23(27(37-29)40-14-8-15(40)11-39(10-14)31(42)43)18-13-44-12-17(18)22(25(26)34)24-19(33)6-7-20-21(24)16(9-35)28(47-20)38-30(41)45-32(2,3)4/h6-7,14-15H,5,8,10-13H2,1-4H3,(H,38,41)(H,42,43). The smallest absolute Gasteiger partial charge is 0.412 e. The van der Waals surface area contributed by atoms with E-state index in [1.807, 2.05) is 6.92 Å². The van der Waals surface area contributed by atoms with Crippen LogP contribution in [0.5, 0.6) is 0 Å². The maximum absolute atomic E-state index is 17.2. The van der Waals surface area contributed by atoms with Gasteiger partial charge in [0, 0.05) is 34.3 Å². The molecule has 15 heteroatoms. The molecular weight excluding hydrogens is 651 g/mol. The summed E-state index contributed by atoms with van der Waals surface area (Å²) in [6.07, 6.45) is -0.974. The van der Waals surface area contributed by atoms with E-state index in [1.54, 1.807) is 20.8 Å². The number of nitriles is 1. The highest BCUT2D eigenvalue weighted by Crippen LogP contribution is 2.49. The SMILES string of the molecule is CCSc1nc(N2C3CC2CN(C(=O)O)C3)c2c3c(c(-c4c(F)ccc5sc(NC(=O)OC(C)(C)C)c(C#N)c45)c(F)c2n1)COC3. The molecule has 2 N–H and O–H groups in total. The molecule has 11 nitrogen and oxygen atoms in total. The Balaban J connectivity index is 1.45. The number of benzene rings is 2. The molecule has 2 saturated heterocycles. The highest BCUT2D eigenvalue weighted by atomic mass is 32.2. The molecule has 0 aliphatic carbocycles. The van der Waals surface area contributed by atoms with Crippen LogP contribution in [0.4, 0.5) is 29.2 Å². The van der Waals surface area contributed by atoms with Gasteiger partial charge in [-0.15, -0.1) is 11.3 Å². The molecule has 2 aromatic heterocycles. The van der Waals surface area contributed by atoms with Crippen molar-refractivity contribution in [3.8, 4) is 17.2 Å². The zero-order chi connectivity index (χ0) is 33.4. The van der Waals surface area contributed by atoms with E-state index >= 15 is 8.78 Å². The number of hydrogen-bond acceptors (Lipinski definition) is 10. The third-order valence-electron chi connectivity index (χ3n) is 8.52. The largest absolute Gasteiger partial charge is 0.465 e. The number of thiophene rings is 1. The van der Waals surface area contributed by atoms with E-state index in [9.17, 15) is 20.0 Å². The van der Waals surface area contributed by atoms with Crippen molar-refractivity contribution < 1.29 is 33.0 Å². The molecule has 0 saturated carbocycles. The number of amides is 2. The van der Waals surface area contributed by atoms with E-state index in [4.69, 9.17) is 14.5 Å². The van der Waals surface area contributed by atoms with Crippen molar-refractivity contribution in [2.24, 2.45) is 0 Å². The first-order valence-electron chi connectivity index (χ1n) is 15.1. The van der Waals surface area contributed by atoms with Crippen LogP contribution in [0.25, 0.3) is 32.1 Å². The summed E-state index contributed by atoms with van der Waals surface area (Å²) in [6.45, 7) is 7.76. The van der Waals surface area contributed by atoms with Gasteiger partial charge in [0.2, 0.25) is 0 Å². The van der Waals surface area contributed by atoms with Crippen LogP contribution in [-0.2, 0) is 22.7 Å². The fourth-order valence-corrected chi connectivity index (χ4v) is 8.36. The number of likely N-dealkylation sites (tertiary alicyclic amines) is 1. The van der Waals surface area contributed by atoms with Crippen LogP contribution in [0.2, 0.25) is 0 Å². The first-order chi connectivity index (χ1) is 22.4. The predicted octanol–water partition coefficient (Wildman–Crippen LogP) is 7.09. The minimum atomic E-state index is -0.982. The summed E-state index contributed by atoms with van der Waals surface area (Å²) in [5.41, 5.74) is 0.0794. The van der Waals surface area contributed by atoms with Gasteiger partial charge in [0.25, 0.3) is 0 Å². The number of hydrogen-bond donors (Lipinski definition) is 2. The van der Waals surface area contributed by atoms with Gasteiger partial charge in [0.15, 0.2) is 11.0 Å². The van der Waals surface area contributed by atoms with E-state index < -0.39 is 29.4 Å². The van der Waals surface area contributed by atoms with Crippen molar-refractivity contribution in [1.29, 1.82) is 5.26 Å². The number of piperazine rings is 1. The first-order valence-corrected chi connectivity index (χ1v) is 16.9. The molecule has 2 bridgehead atoms. The van der Waals surface area contributed by atoms with Crippen LogP contribution >= 0.6 is 23.1 Å². The number of carbonyl (C=O) groups excluding carboxylic acids is 1. The molecule has 5 heterocycles. The minimum absolute atomic E-state index is 0.00232. The van der Waals surface area contributed by atoms with E-state index in [-0.39, 0.29) is 57.9 Å². The number of piperidine rings is 1. The number of fused-ring (bicyclic) bond motifs is 6. The second-order valence-electron chi connectivity index (χ2n) is 12.6. The highest BCUT2D eigenvalue weighted by molar-refractivity contribution is 7.99. The fourth-order valence-electron chi connectivity index (χ4n) is 6.75. The van der Waals surface area contributed by atoms with Gasteiger partial charge >= 0.3 is 12.2 Å². The Morgan fingerprint density at radius 2 is 1.89 bits per heavy atom. The molecule has 47 heavy (non-hydrogen) atoms. The van der Waals surface area contributed by atoms with Crippen molar-refractivity contribution in [2.75, 3.05) is 29.1 Å². The zero-order valence-corrected chi connectivity index (χ0v) is 27.6. The molecule has 0 spiro atoms. The summed E-state index contributed by atoms with van der Waals surface area (Å²) >= 11 is 2.40. The lowest BCUT2D eigenvalue weighted by Crippen LogP contribution is -2.70. The molecular formula is C32H30F2N6O5S2. The summed E-state index contributed by atoms with van der Waals surface area (Å²) in [5, 5.41) is 23.6. The maximum atomic E-state index is 17.2. The lowest BCUT2D eigenvalue weighted by atomic mass is 9.86. The number of ether oxygens (including phenoxy) is 2. The Bertz CT molecular complexity index is 2030. The van der Waals surface area contributed by atoms with Gasteiger partial charge < -0.3 is 24.4 Å². The predicted molar refractivity (Wildman–Crippen MR) is 174 cm³/mol. The lowest BCUT2D eigenvalue weighted by molar-refractivity contribution is 0.0636.